The van der Waals surface area contributed by atoms with E-state index in [1.165, 1.54) is 12.8 Å². The van der Waals surface area contributed by atoms with E-state index in [0.29, 0.717) is 29.6 Å². The molecule has 0 amide bonds. The molecule has 34 heavy (non-hydrogen) atoms. The van der Waals surface area contributed by atoms with Gasteiger partial charge in [0.15, 0.2) is 0 Å². The van der Waals surface area contributed by atoms with Gasteiger partial charge in [-0.15, -0.1) is 0 Å². The molecule has 2 aromatic carbocycles. The molecular formula is C26H27N7O. The molecule has 1 aliphatic rings. The Morgan fingerprint density at radius 3 is 2.74 bits per heavy atom. The molecule has 1 saturated carbocycles. The number of rotatable bonds is 5. The molecule has 0 aliphatic heterocycles. The lowest BCUT2D eigenvalue weighted by molar-refractivity contribution is 0.799. The van der Waals surface area contributed by atoms with Gasteiger partial charge in [-0.2, -0.15) is 4.99 Å². The van der Waals surface area contributed by atoms with Crippen LogP contribution in [0.25, 0.3) is 22.0 Å². The van der Waals surface area contributed by atoms with Crippen LogP contribution in [0, 0.1) is 0 Å². The van der Waals surface area contributed by atoms with E-state index in [1.54, 1.807) is 12.3 Å². The van der Waals surface area contributed by atoms with Crippen molar-refractivity contribution in [1.29, 1.82) is 0 Å². The number of aromatic nitrogens is 3. The topological polar surface area (TPSA) is 113 Å². The van der Waals surface area contributed by atoms with Gasteiger partial charge < -0.3 is 20.6 Å². The van der Waals surface area contributed by atoms with Crippen LogP contribution in [-0.4, -0.2) is 32.9 Å². The molecule has 0 atom stereocenters. The van der Waals surface area contributed by atoms with Crippen LogP contribution in [-0.2, 0) is 7.05 Å². The number of nitrogens with one attached hydrogen (secondary N) is 2. The fourth-order valence-electron chi connectivity index (χ4n) is 3.98. The van der Waals surface area contributed by atoms with E-state index < -0.39 is 0 Å². The highest BCUT2D eigenvalue weighted by atomic mass is 16.1. The third-order valence-electron chi connectivity index (χ3n) is 5.90. The first-order valence-corrected chi connectivity index (χ1v) is 11.4. The molecule has 4 N–H and O–H groups in total. The minimum atomic E-state index is -0.119. The fraction of sp³-hybridized carbons (Fsp3) is 0.231. The number of anilines is 1. The van der Waals surface area contributed by atoms with Crippen molar-refractivity contribution in [1.82, 2.24) is 14.5 Å². The first-order chi connectivity index (χ1) is 16.5. The highest BCUT2D eigenvalue weighted by Crippen LogP contribution is 2.39. The average Bonchev–Trinajstić information content (AvgIpc) is 3.60. The van der Waals surface area contributed by atoms with E-state index in [4.69, 9.17) is 10.7 Å². The predicted octanol–water partition coefficient (Wildman–Crippen LogP) is 4.00. The zero-order chi connectivity index (χ0) is 23.7. The smallest absolute Gasteiger partial charge is 0.255 e. The number of aryl methyl sites for hydroxylation is 1. The summed E-state index contributed by atoms with van der Waals surface area (Å²) >= 11 is 0. The summed E-state index contributed by atoms with van der Waals surface area (Å²) in [5.41, 5.74) is 9.80. The summed E-state index contributed by atoms with van der Waals surface area (Å²) in [7, 11) is 2.05. The summed E-state index contributed by atoms with van der Waals surface area (Å²) in [6, 6.07) is 15.3. The number of hydrogen-bond acceptors (Lipinski definition) is 3. The summed E-state index contributed by atoms with van der Waals surface area (Å²) < 4.78 is 2.12. The Hall–Kier alpha value is -4.20. The van der Waals surface area contributed by atoms with Crippen molar-refractivity contribution in [2.75, 3.05) is 11.9 Å². The first-order valence-electron chi connectivity index (χ1n) is 11.4. The maximum absolute atomic E-state index is 11.9. The Morgan fingerprint density at radius 2 is 2.00 bits per heavy atom. The van der Waals surface area contributed by atoms with Gasteiger partial charge in [-0.1, -0.05) is 24.3 Å². The third kappa shape index (κ3) is 4.47. The SMILES string of the molecule is CCN=C(/N=C(\N)c1ccc(-c2cn(C)c(C3CC3)n2)cc1)Nc1ccc2c(=O)[nH]ccc2c1. The minimum Gasteiger partial charge on any atom is -0.383 e. The summed E-state index contributed by atoms with van der Waals surface area (Å²) in [6.45, 7) is 2.49. The van der Waals surface area contributed by atoms with Crippen molar-refractivity contribution >= 4 is 28.3 Å². The number of guanidine groups is 1. The number of imidazole rings is 1. The number of benzene rings is 2. The zero-order valence-electron chi connectivity index (χ0n) is 19.2. The largest absolute Gasteiger partial charge is 0.383 e. The number of hydrogen-bond donors (Lipinski definition) is 3. The maximum Gasteiger partial charge on any atom is 0.255 e. The van der Waals surface area contributed by atoms with E-state index in [9.17, 15) is 4.79 Å². The number of amidine groups is 1. The van der Waals surface area contributed by atoms with Gasteiger partial charge in [-0.05, 0) is 49.4 Å². The van der Waals surface area contributed by atoms with E-state index in [0.717, 1.165) is 33.7 Å². The van der Waals surface area contributed by atoms with Crippen molar-refractivity contribution in [3.05, 3.63) is 82.7 Å². The van der Waals surface area contributed by atoms with Crippen molar-refractivity contribution in [2.24, 2.45) is 22.8 Å². The lowest BCUT2D eigenvalue weighted by atomic mass is 10.1. The summed E-state index contributed by atoms with van der Waals surface area (Å²) in [5, 5.41) is 4.67. The summed E-state index contributed by atoms with van der Waals surface area (Å²) in [5.74, 6) is 2.54. The van der Waals surface area contributed by atoms with E-state index in [1.807, 2.05) is 49.4 Å². The molecule has 1 aliphatic carbocycles. The lowest BCUT2D eigenvalue weighted by Crippen LogP contribution is -2.20. The second-order valence-corrected chi connectivity index (χ2v) is 8.48. The fourth-order valence-corrected chi connectivity index (χ4v) is 3.98. The first kappa shape index (κ1) is 21.6. The molecule has 5 rings (SSSR count). The van der Waals surface area contributed by atoms with Crippen molar-refractivity contribution in [3.8, 4) is 11.3 Å². The Balaban J connectivity index is 1.36. The standard InChI is InChI=1S/C26H27N7O/c1-3-28-26(30-20-10-11-21-19(14-20)12-13-29-25(21)34)32-23(27)17-6-4-16(5-7-17)22-15-33(2)24(31-22)18-8-9-18/h4-7,10-15,18H,3,8-9H2,1-2H3,(H,29,34)(H3,27,28,30,32). The summed E-state index contributed by atoms with van der Waals surface area (Å²) in [6.07, 6.45) is 6.16. The van der Waals surface area contributed by atoms with Crippen LogP contribution in [0.1, 0.15) is 37.1 Å². The monoisotopic (exact) mass is 453 g/mol. The third-order valence-corrected chi connectivity index (χ3v) is 5.90. The van der Waals surface area contributed by atoms with Crippen LogP contribution in [0.15, 0.2) is 75.7 Å². The average molecular weight is 454 g/mol. The number of pyridine rings is 1. The van der Waals surface area contributed by atoms with Gasteiger partial charge in [0.2, 0.25) is 5.96 Å². The van der Waals surface area contributed by atoms with Gasteiger partial charge in [0, 0.05) is 54.1 Å². The molecule has 0 radical (unpaired) electrons. The van der Waals surface area contributed by atoms with Gasteiger partial charge in [0.25, 0.3) is 5.56 Å². The van der Waals surface area contributed by atoms with E-state index >= 15 is 0 Å². The van der Waals surface area contributed by atoms with Gasteiger partial charge >= 0.3 is 0 Å². The molecule has 1 fully saturated rings. The minimum absolute atomic E-state index is 0.119. The highest BCUT2D eigenvalue weighted by molar-refractivity contribution is 6.08. The predicted molar refractivity (Wildman–Crippen MR) is 138 cm³/mol. The maximum atomic E-state index is 11.9. The van der Waals surface area contributed by atoms with Crippen LogP contribution in [0.3, 0.4) is 0 Å². The van der Waals surface area contributed by atoms with Crippen LogP contribution in [0.4, 0.5) is 5.69 Å². The number of aromatic amines is 1. The number of H-pyrrole nitrogens is 1. The van der Waals surface area contributed by atoms with E-state index in [2.05, 4.69) is 38.1 Å². The van der Waals surface area contributed by atoms with Crippen LogP contribution >= 0.6 is 0 Å². The molecule has 0 unspecified atom stereocenters. The lowest BCUT2D eigenvalue weighted by Gasteiger charge is -2.09. The van der Waals surface area contributed by atoms with Crippen LogP contribution in [0.5, 0.6) is 0 Å². The molecule has 2 aromatic heterocycles. The Kier molecular flexibility index (Phi) is 5.71. The van der Waals surface area contributed by atoms with Crippen molar-refractivity contribution in [2.45, 2.75) is 25.7 Å². The van der Waals surface area contributed by atoms with Gasteiger partial charge in [-0.3, -0.25) is 9.79 Å². The van der Waals surface area contributed by atoms with Crippen molar-refractivity contribution in [3.63, 3.8) is 0 Å². The Morgan fingerprint density at radius 1 is 1.21 bits per heavy atom. The molecule has 0 saturated heterocycles. The molecular weight excluding hydrogens is 426 g/mol. The molecule has 8 heteroatoms. The number of fused-ring (bicyclic) bond motifs is 1. The molecule has 0 spiro atoms. The van der Waals surface area contributed by atoms with Crippen LogP contribution in [0.2, 0.25) is 0 Å². The normalized spacial score (nSPS) is 14.5. The number of aliphatic imine (C=N–C) groups is 2. The van der Waals surface area contributed by atoms with Gasteiger partial charge in [0.05, 0.1) is 5.69 Å². The highest BCUT2D eigenvalue weighted by Gasteiger charge is 2.28. The molecule has 4 aromatic rings. The van der Waals surface area contributed by atoms with Crippen LogP contribution < -0.4 is 16.6 Å². The Labute approximate surface area is 197 Å². The van der Waals surface area contributed by atoms with Crippen molar-refractivity contribution < 1.29 is 0 Å². The second-order valence-electron chi connectivity index (χ2n) is 8.48. The second kappa shape index (κ2) is 8.97. The Bertz CT molecular complexity index is 1460. The number of nitrogens with two attached hydrogens (primary N) is 1. The molecule has 2 heterocycles. The summed E-state index contributed by atoms with van der Waals surface area (Å²) in [4.78, 5) is 28.4. The number of nitrogens with zero attached hydrogens (tertiary/aromatic N) is 4. The molecule has 0 bridgehead atoms. The van der Waals surface area contributed by atoms with Gasteiger partial charge in [-0.25, -0.2) is 4.98 Å². The quantitative estimate of drug-likeness (QED) is 0.313. The van der Waals surface area contributed by atoms with E-state index in [-0.39, 0.29) is 5.56 Å². The molecule has 8 nitrogen and oxygen atoms in total. The van der Waals surface area contributed by atoms with Gasteiger partial charge in [0.1, 0.15) is 11.7 Å². The zero-order valence-corrected chi connectivity index (χ0v) is 19.2. The molecule has 172 valence electrons.